The molecule has 1 amide bonds. The van der Waals surface area contributed by atoms with Crippen LogP contribution >= 0.6 is 0 Å². The number of rotatable bonds is 6. The lowest BCUT2D eigenvalue weighted by atomic mass is 10.1. The van der Waals surface area contributed by atoms with Crippen molar-refractivity contribution in [1.29, 1.82) is 0 Å². The number of carbonyl (C=O) groups excluding carboxylic acids is 1. The number of benzene rings is 2. The first-order valence-corrected chi connectivity index (χ1v) is 9.62. The third kappa shape index (κ3) is 4.61. The normalized spacial score (nSPS) is 16.0. The summed E-state index contributed by atoms with van der Waals surface area (Å²) in [4.78, 5) is 18.3. The van der Waals surface area contributed by atoms with Gasteiger partial charge in [-0.3, -0.25) is 4.79 Å². The molecule has 1 aliphatic rings. The molecule has 3 rings (SSSR count). The second-order valence-corrected chi connectivity index (χ2v) is 7.18. The number of likely N-dealkylation sites (N-methyl/N-ethyl adjacent to an activating group) is 1. The van der Waals surface area contributed by atoms with Crippen LogP contribution in [0.4, 0.5) is 5.69 Å². The van der Waals surface area contributed by atoms with Crippen molar-refractivity contribution in [2.24, 2.45) is 0 Å². The molecule has 1 aliphatic heterocycles. The highest BCUT2D eigenvalue weighted by Crippen LogP contribution is 2.27. The number of amides is 1. The van der Waals surface area contributed by atoms with Crippen molar-refractivity contribution >= 4 is 11.6 Å². The molecule has 0 bridgehead atoms. The Kier molecular flexibility index (Phi) is 6.35. The number of piperazine rings is 1. The van der Waals surface area contributed by atoms with E-state index in [9.17, 15) is 4.79 Å². The SMILES string of the molecule is COc1ccccc1N1CC[NH+](CC(=O)N(C)[C@H](C)c2ccccc2)CC1. The fraction of sp³-hybridized carbons (Fsp3) is 0.409. The maximum Gasteiger partial charge on any atom is 0.278 e. The molecule has 0 saturated carbocycles. The molecule has 1 saturated heterocycles. The van der Waals surface area contributed by atoms with Gasteiger partial charge in [-0.15, -0.1) is 0 Å². The smallest absolute Gasteiger partial charge is 0.278 e. The molecule has 1 heterocycles. The summed E-state index contributed by atoms with van der Waals surface area (Å²) in [7, 11) is 3.62. The van der Waals surface area contributed by atoms with Crippen molar-refractivity contribution in [3.8, 4) is 5.75 Å². The summed E-state index contributed by atoms with van der Waals surface area (Å²) in [6, 6.07) is 18.4. The van der Waals surface area contributed by atoms with Crippen LogP contribution in [0.5, 0.6) is 5.75 Å². The van der Waals surface area contributed by atoms with E-state index in [1.54, 1.807) is 7.11 Å². The summed E-state index contributed by atoms with van der Waals surface area (Å²) in [5.41, 5.74) is 2.31. The highest BCUT2D eigenvalue weighted by molar-refractivity contribution is 5.77. The lowest BCUT2D eigenvalue weighted by Gasteiger charge is -2.35. The van der Waals surface area contributed by atoms with Gasteiger partial charge in [0.2, 0.25) is 0 Å². The van der Waals surface area contributed by atoms with E-state index in [1.165, 1.54) is 10.5 Å². The first-order chi connectivity index (χ1) is 13.1. The van der Waals surface area contributed by atoms with Crippen LogP contribution in [0.15, 0.2) is 54.6 Å². The number of quaternary nitrogens is 1. The molecule has 1 N–H and O–H groups in total. The third-order valence-electron chi connectivity index (χ3n) is 5.55. The maximum atomic E-state index is 12.7. The third-order valence-corrected chi connectivity index (χ3v) is 5.55. The van der Waals surface area contributed by atoms with Gasteiger partial charge in [-0.05, 0) is 24.6 Å². The minimum Gasteiger partial charge on any atom is -0.495 e. The Bertz CT molecular complexity index is 742. The van der Waals surface area contributed by atoms with E-state index >= 15 is 0 Å². The van der Waals surface area contributed by atoms with Gasteiger partial charge in [0.15, 0.2) is 6.54 Å². The van der Waals surface area contributed by atoms with Crippen LogP contribution in [-0.2, 0) is 4.79 Å². The average molecular weight is 369 g/mol. The lowest BCUT2D eigenvalue weighted by molar-refractivity contribution is -0.892. The summed E-state index contributed by atoms with van der Waals surface area (Å²) in [5, 5.41) is 0. The van der Waals surface area contributed by atoms with Crippen molar-refractivity contribution in [2.45, 2.75) is 13.0 Å². The number of nitrogens with zero attached hydrogens (tertiary/aromatic N) is 2. The summed E-state index contributed by atoms with van der Waals surface area (Å²) >= 11 is 0. The Labute approximate surface area is 162 Å². The highest BCUT2D eigenvalue weighted by atomic mass is 16.5. The quantitative estimate of drug-likeness (QED) is 0.842. The number of para-hydroxylation sites is 2. The molecule has 5 heteroatoms. The molecule has 0 aromatic heterocycles. The van der Waals surface area contributed by atoms with Gasteiger partial charge >= 0.3 is 0 Å². The minimum absolute atomic E-state index is 0.0907. The number of nitrogens with one attached hydrogen (secondary N) is 1. The average Bonchev–Trinajstić information content (AvgIpc) is 2.73. The van der Waals surface area contributed by atoms with Crippen molar-refractivity contribution < 1.29 is 14.4 Å². The Morgan fingerprint density at radius 2 is 1.74 bits per heavy atom. The largest absolute Gasteiger partial charge is 0.495 e. The van der Waals surface area contributed by atoms with Gasteiger partial charge in [0.05, 0.1) is 45.0 Å². The van der Waals surface area contributed by atoms with Gasteiger partial charge in [0, 0.05) is 7.05 Å². The van der Waals surface area contributed by atoms with Gasteiger partial charge in [-0.1, -0.05) is 42.5 Å². The van der Waals surface area contributed by atoms with Crippen molar-refractivity contribution in [2.75, 3.05) is 51.8 Å². The maximum absolute atomic E-state index is 12.7. The van der Waals surface area contributed by atoms with Gasteiger partial charge in [0.25, 0.3) is 5.91 Å². The van der Waals surface area contributed by atoms with E-state index in [2.05, 4.69) is 30.0 Å². The van der Waals surface area contributed by atoms with E-state index in [4.69, 9.17) is 4.74 Å². The fourth-order valence-electron chi connectivity index (χ4n) is 3.64. The van der Waals surface area contributed by atoms with E-state index in [0.29, 0.717) is 6.54 Å². The Hall–Kier alpha value is -2.53. The predicted octanol–water partition coefficient (Wildman–Crippen LogP) is 1.62. The van der Waals surface area contributed by atoms with E-state index in [1.807, 2.05) is 48.3 Å². The van der Waals surface area contributed by atoms with E-state index in [-0.39, 0.29) is 11.9 Å². The van der Waals surface area contributed by atoms with Gasteiger partial charge in [-0.2, -0.15) is 0 Å². The van der Waals surface area contributed by atoms with Crippen molar-refractivity contribution in [1.82, 2.24) is 4.90 Å². The monoisotopic (exact) mass is 368 g/mol. The predicted molar refractivity (Wildman–Crippen MR) is 108 cm³/mol. The molecule has 2 aromatic rings. The minimum atomic E-state index is 0.0907. The van der Waals surface area contributed by atoms with Gasteiger partial charge in [-0.25, -0.2) is 0 Å². The Morgan fingerprint density at radius 1 is 1.11 bits per heavy atom. The molecule has 0 spiro atoms. The molecule has 1 atom stereocenters. The van der Waals surface area contributed by atoms with Crippen LogP contribution < -0.4 is 14.5 Å². The number of hydrogen-bond donors (Lipinski definition) is 1. The van der Waals surface area contributed by atoms with Crippen LogP contribution in [0.25, 0.3) is 0 Å². The molecule has 0 unspecified atom stereocenters. The van der Waals surface area contributed by atoms with Gasteiger partial charge < -0.3 is 19.4 Å². The number of anilines is 1. The molecule has 144 valence electrons. The second kappa shape index (κ2) is 8.91. The molecule has 5 nitrogen and oxygen atoms in total. The number of ether oxygens (including phenoxy) is 1. The summed E-state index contributed by atoms with van der Waals surface area (Å²) in [6.45, 7) is 6.41. The Balaban J connectivity index is 1.53. The van der Waals surface area contributed by atoms with Crippen LogP contribution in [0, 0.1) is 0 Å². The second-order valence-electron chi connectivity index (χ2n) is 7.18. The molecule has 27 heavy (non-hydrogen) atoms. The molecule has 0 aliphatic carbocycles. The Morgan fingerprint density at radius 3 is 2.41 bits per heavy atom. The molecule has 2 aromatic carbocycles. The highest BCUT2D eigenvalue weighted by Gasteiger charge is 2.26. The zero-order valence-corrected chi connectivity index (χ0v) is 16.5. The number of carbonyl (C=O) groups is 1. The summed E-state index contributed by atoms with van der Waals surface area (Å²) in [6.07, 6.45) is 0. The van der Waals surface area contributed by atoms with Crippen molar-refractivity contribution in [3.63, 3.8) is 0 Å². The summed E-state index contributed by atoms with van der Waals surface area (Å²) < 4.78 is 5.48. The number of hydrogen-bond acceptors (Lipinski definition) is 3. The fourth-order valence-corrected chi connectivity index (χ4v) is 3.64. The molecular formula is C22H30N3O2+. The first kappa shape index (κ1) is 19.2. The zero-order valence-electron chi connectivity index (χ0n) is 16.5. The lowest BCUT2D eigenvalue weighted by Crippen LogP contribution is -3.15. The van der Waals surface area contributed by atoms with Gasteiger partial charge in [0.1, 0.15) is 5.75 Å². The van der Waals surface area contributed by atoms with Crippen LogP contribution in [-0.4, -0.2) is 57.7 Å². The summed E-state index contributed by atoms with van der Waals surface area (Å²) in [5.74, 6) is 1.11. The van der Waals surface area contributed by atoms with E-state index < -0.39 is 0 Å². The standard InChI is InChI=1S/C22H29N3O2/c1-18(19-9-5-4-6-10-19)23(2)22(26)17-24-13-15-25(16-14-24)20-11-7-8-12-21(20)27-3/h4-12,18H,13-17H2,1-3H3/p+1/t18-/m1/s1. The van der Waals surface area contributed by atoms with Crippen LogP contribution in [0.1, 0.15) is 18.5 Å². The molecule has 0 radical (unpaired) electrons. The van der Waals surface area contributed by atoms with Crippen molar-refractivity contribution in [3.05, 3.63) is 60.2 Å². The first-order valence-electron chi connectivity index (χ1n) is 9.62. The van der Waals surface area contributed by atoms with Crippen LogP contribution in [0.2, 0.25) is 0 Å². The zero-order chi connectivity index (χ0) is 19.2. The molecule has 1 fully saturated rings. The topological polar surface area (TPSA) is 37.2 Å². The molecular weight excluding hydrogens is 338 g/mol. The number of methoxy groups -OCH3 is 1. The van der Waals surface area contributed by atoms with Crippen LogP contribution in [0.3, 0.4) is 0 Å². The van der Waals surface area contributed by atoms with E-state index in [0.717, 1.165) is 37.6 Å².